The van der Waals surface area contributed by atoms with Gasteiger partial charge in [-0.3, -0.25) is 19.5 Å². The van der Waals surface area contributed by atoms with Crippen molar-refractivity contribution >= 4 is 35.9 Å². The predicted octanol–water partition coefficient (Wildman–Crippen LogP) is 3.39. The molecule has 3 aromatic rings. The van der Waals surface area contributed by atoms with E-state index in [1.165, 1.54) is 6.92 Å². The molecular weight excluding hydrogens is 574 g/mol. The van der Waals surface area contributed by atoms with E-state index in [9.17, 15) is 14.9 Å². The second kappa shape index (κ2) is 15.6. The van der Waals surface area contributed by atoms with Crippen LogP contribution < -0.4 is 11.1 Å². The van der Waals surface area contributed by atoms with Gasteiger partial charge in [-0.1, -0.05) is 32.0 Å². The highest BCUT2D eigenvalue weighted by molar-refractivity contribution is 7.80. The number of anilines is 2. The van der Waals surface area contributed by atoms with Crippen LogP contribution in [0.1, 0.15) is 55.2 Å². The summed E-state index contributed by atoms with van der Waals surface area (Å²) in [7, 11) is 0. The summed E-state index contributed by atoms with van der Waals surface area (Å²) >= 11 is 4.77. The van der Waals surface area contributed by atoms with Gasteiger partial charge in [0.05, 0.1) is 11.4 Å². The Morgan fingerprint density at radius 1 is 1.07 bits per heavy atom. The third kappa shape index (κ3) is 8.53. The zero-order valence-corrected chi connectivity index (χ0v) is 26.6. The van der Waals surface area contributed by atoms with Crippen molar-refractivity contribution in [2.45, 2.75) is 38.9 Å². The molecule has 0 bridgehead atoms. The maximum Gasteiger partial charge on any atom is 0.223 e. The summed E-state index contributed by atoms with van der Waals surface area (Å²) < 4.78 is 0. The summed E-state index contributed by atoms with van der Waals surface area (Å²) in [6.07, 6.45) is 0.893. The summed E-state index contributed by atoms with van der Waals surface area (Å²) in [5.74, 6) is 0.318. The number of benzene rings is 1. The normalized spacial score (nSPS) is 14.3. The number of nitrogen functional groups attached to an aromatic ring is 1. The van der Waals surface area contributed by atoms with Gasteiger partial charge in [0.1, 0.15) is 28.5 Å². The first kappa shape index (κ1) is 32.9. The summed E-state index contributed by atoms with van der Waals surface area (Å²) in [6, 6.07) is 14.7. The number of nitrogens with two attached hydrogens (primary N) is 1. The number of nitrogens with zero attached hydrogens (tertiary/aromatic N) is 7. The van der Waals surface area contributed by atoms with Crippen molar-refractivity contribution in [3.05, 3.63) is 65.2 Å². The Morgan fingerprint density at radius 3 is 2.41 bits per heavy atom. The number of carbonyl (C=O) groups excluding carboxylic acids is 2. The molecular formula is C32H41N9O2S. The van der Waals surface area contributed by atoms with Crippen molar-refractivity contribution in [1.82, 2.24) is 29.7 Å². The molecule has 1 unspecified atom stereocenters. The monoisotopic (exact) mass is 615 g/mol. The maximum absolute atomic E-state index is 13.0. The molecule has 11 nitrogen and oxygen atoms in total. The molecule has 1 aliphatic heterocycles. The van der Waals surface area contributed by atoms with Crippen LogP contribution in [0.5, 0.6) is 0 Å². The average Bonchev–Trinajstić information content (AvgIpc) is 3.04. The molecule has 1 fully saturated rings. The number of carbonyl (C=O) groups is 2. The Kier molecular flexibility index (Phi) is 11.7. The second-order valence-corrected chi connectivity index (χ2v) is 11.3. The lowest BCUT2D eigenvalue weighted by Gasteiger charge is -2.35. The number of thiol groups is 1. The molecule has 0 radical (unpaired) electrons. The number of rotatable bonds is 12. The average molecular weight is 616 g/mol. The van der Waals surface area contributed by atoms with Gasteiger partial charge in [0.15, 0.2) is 0 Å². The number of hydrogen-bond donors (Lipinski definition) is 3. The molecule has 0 saturated carbocycles. The minimum atomic E-state index is -0.609. The number of likely N-dealkylation sites (N-methyl/N-ethyl adjacent to an activating group) is 1. The molecule has 2 amide bonds. The maximum atomic E-state index is 13.0. The summed E-state index contributed by atoms with van der Waals surface area (Å²) in [5.41, 5.74) is 9.39. The zero-order chi connectivity index (χ0) is 31.6. The number of pyridine rings is 1. The van der Waals surface area contributed by atoms with Gasteiger partial charge in [0, 0.05) is 69.6 Å². The standard InChI is InChI=1S/C32H41N9O2S/c1-4-39(5-2)15-16-40-17-19-41(20-18-40)28(43)14-13-24-7-6-8-27(36-24)30(44)32-37-29(26(21-33)31(34)38-32)23-9-11-25(12-10-23)35-22(3)42/h6-12,30,44H,4-5,13-20H2,1-3H3,(H,35,42)(H2,34,37,38). The highest BCUT2D eigenvalue weighted by atomic mass is 32.1. The van der Waals surface area contributed by atoms with Crippen molar-refractivity contribution in [2.75, 3.05) is 63.4 Å². The molecule has 0 aliphatic carbocycles. The fourth-order valence-corrected chi connectivity index (χ4v) is 5.47. The van der Waals surface area contributed by atoms with Crippen molar-refractivity contribution < 1.29 is 9.59 Å². The third-order valence-corrected chi connectivity index (χ3v) is 8.34. The van der Waals surface area contributed by atoms with E-state index in [0.717, 1.165) is 58.1 Å². The number of aromatic nitrogens is 3. The number of piperazine rings is 1. The van der Waals surface area contributed by atoms with Crippen molar-refractivity contribution in [3.63, 3.8) is 0 Å². The molecule has 232 valence electrons. The van der Waals surface area contributed by atoms with Crippen LogP contribution in [0.15, 0.2) is 42.5 Å². The van der Waals surface area contributed by atoms with Gasteiger partial charge in [0.2, 0.25) is 11.8 Å². The first-order chi connectivity index (χ1) is 21.2. The first-order valence-electron chi connectivity index (χ1n) is 15.0. The number of hydrogen-bond acceptors (Lipinski definition) is 10. The number of nitriles is 1. The Bertz CT molecular complexity index is 1480. The topological polar surface area (TPSA) is 144 Å². The van der Waals surface area contributed by atoms with E-state index in [0.29, 0.717) is 41.3 Å². The van der Waals surface area contributed by atoms with E-state index in [1.807, 2.05) is 23.1 Å². The molecule has 12 heteroatoms. The van der Waals surface area contributed by atoms with E-state index < -0.39 is 5.25 Å². The lowest BCUT2D eigenvalue weighted by atomic mass is 10.1. The van der Waals surface area contributed by atoms with Gasteiger partial charge >= 0.3 is 0 Å². The highest BCUT2D eigenvalue weighted by Crippen LogP contribution is 2.31. The molecule has 1 saturated heterocycles. The lowest BCUT2D eigenvalue weighted by Crippen LogP contribution is -2.50. The first-order valence-corrected chi connectivity index (χ1v) is 15.6. The molecule has 1 aliphatic rings. The molecule has 44 heavy (non-hydrogen) atoms. The fraction of sp³-hybridized carbons (Fsp3) is 0.438. The Balaban J connectivity index is 1.40. The smallest absolute Gasteiger partial charge is 0.223 e. The molecule has 4 rings (SSSR count). The quantitative estimate of drug-likeness (QED) is 0.261. The van der Waals surface area contributed by atoms with E-state index in [-0.39, 0.29) is 23.2 Å². The Morgan fingerprint density at radius 2 is 1.77 bits per heavy atom. The molecule has 3 heterocycles. The van der Waals surface area contributed by atoms with Crippen LogP contribution in [-0.2, 0) is 16.0 Å². The van der Waals surface area contributed by atoms with E-state index >= 15 is 0 Å². The van der Waals surface area contributed by atoms with E-state index in [4.69, 9.17) is 23.3 Å². The zero-order valence-electron chi connectivity index (χ0n) is 25.7. The molecule has 1 aromatic carbocycles. The van der Waals surface area contributed by atoms with Crippen molar-refractivity contribution in [2.24, 2.45) is 0 Å². The van der Waals surface area contributed by atoms with Crippen LogP contribution in [-0.4, -0.2) is 93.8 Å². The Hall–Kier alpha value is -4.05. The van der Waals surface area contributed by atoms with Crippen LogP contribution in [0, 0.1) is 11.3 Å². The largest absolute Gasteiger partial charge is 0.382 e. The summed E-state index contributed by atoms with van der Waals surface area (Å²) in [6.45, 7) is 13.3. The summed E-state index contributed by atoms with van der Waals surface area (Å²) in [5, 5.41) is 11.9. The second-order valence-electron chi connectivity index (χ2n) is 10.8. The van der Waals surface area contributed by atoms with Crippen LogP contribution >= 0.6 is 12.6 Å². The number of aryl methyl sites for hydroxylation is 1. The van der Waals surface area contributed by atoms with Crippen molar-refractivity contribution in [3.8, 4) is 17.3 Å². The highest BCUT2D eigenvalue weighted by Gasteiger charge is 2.23. The van der Waals surface area contributed by atoms with Gasteiger partial charge < -0.3 is 20.9 Å². The van der Waals surface area contributed by atoms with Gasteiger partial charge in [-0.15, -0.1) is 0 Å². The van der Waals surface area contributed by atoms with Crippen LogP contribution in [0.3, 0.4) is 0 Å². The van der Waals surface area contributed by atoms with Crippen LogP contribution in [0.2, 0.25) is 0 Å². The minimum absolute atomic E-state index is 0.0485. The lowest BCUT2D eigenvalue weighted by molar-refractivity contribution is -0.133. The van der Waals surface area contributed by atoms with E-state index in [1.54, 1.807) is 24.3 Å². The van der Waals surface area contributed by atoms with Gasteiger partial charge in [-0.25, -0.2) is 9.97 Å². The van der Waals surface area contributed by atoms with Gasteiger partial charge in [-0.2, -0.15) is 17.9 Å². The van der Waals surface area contributed by atoms with Crippen molar-refractivity contribution in [1.29, 1.82) is 5.26 Å². The molecule has 1 atom stereocenters. The predicted molar refractivity (Wildman–Crippen MR) is 175 cm³/mol. The minimum Gasteiger partial charge on any atom is -0.382 e. The molecule has 2 aromatic heterocycles. The van der Waals surface area contributed by atoms with Gasteiger partial charge in [-0.05, 0) is 43.8 Å². The van der Waals surface area contributed by atoms with Crippen LogP contribution in [0.25, 0.3) is 11.3 Å². The third-order valence-electron chi connectivity index (χ3n) is 7.84. The molecule has 3 N–H and O–H groups in total. The van der Waals surface area contributed by atoms with E-state index in [2.05, 4.69) is 45.0 Å². The summed E-state index contributed by atoms with van der Waals surface area (Å²) in [4.78, 5) is 45.0. The van der Waals surface area contributed by atoms with Gasteiger partial charge in [0.25, 0.3) is 0 Å². The van der Waals surface area contributed by atoms with Crippen LogP contribution in [0.4, 0.5) is 11.5 Å². The number of nitrogens with one attached hydrogen (secondary N) is 1. The Labute approximate surface area is 264 Å². The SMILES string of the molecule is CCN(CC)CCN1CCN(C(=O)CCc2cccc(C(S)c3nc(N)c(C#N)c(-c4ccc(NC(C)=O)cc4)n3)n2)CC1. The molecule has 0 spiro atoms. The fourth-order valence-electron chi connectivity index (χ4n) is 5.21. The number of amides is 2.